The van der Waals surface area contributed by atoms with Crippen molar-refractivity contribution in [2.75, 3.05) is 45.5 Å². The molecule has 0 atom stereocenters. The number of benzene rings is 2. The molecular formula is C20H23N3O4. The van der Waals surface area contributed by atoms with E-state index in [4.69, 9.17) is 24.7 Å². The summed E-state index contributed by atoms with van der Waals surface area (Å²) in [6.07, 6.45) is 1.70. The summed E-state index contributed by atoms with van der Waals surface area (Å²) in [5.41, 5.74) is 6.79. The topological polar surface area (TPSA) is 87.9 Å². The van der Waals surface area contributed by atoms with Crippen molar-refractivity contribution in [3.05, 3.63) is 42.6 Å². The molecule has 0 aliphatic heterocycles. The monoisotopic (exact) mass is 369 g/mol. The van der Waals surface area contributed by atoms with Crippen LogP contribution in [0, 0.1) is 0 Å². The number of nitrogens with zero attached hydrogens (tertiary/aromatic N) is 1. The summed E-state index contributed by atoms with van der Waals surface area (Å²) in [6, 6.07) is 11.0. The lowest BCUT2D eigenvalue weighted by molar-refractivity contribution is 0.331. The second-order valence-corrected chi connectivity index (χ2v) is 5.73. The zero-order valence-electron chi connectivity index (χ0n) is 15.6. The van der Waals surface area contributed by atoms with Gasteiger partial charge in [-0.2, -0.15) is 0 Å². The second kappa shape index (κ2) is 8.35. The van der Waals surface area contributed by atoms with E-state index in [2.05, 4.69) is 10.3 Å². The molecular weight excluding hydrogens is 346 g/mol. The maximum Gasteiger partial charge on any atom is 0.168 e. The fraction of sp³-hybridized carbons (Fsp3) is 0.250. The number of fused-ring (bicyclic) bond motifs is 1. The average Bonchev–Trinajstić information content (AvgIpc) is 2.71. The Labute approximate surface area is 158 Å². The summed E-state index contributed by atoms with van der Waals surface area (Å²) in [4.78, 5) is 4.41. The first-order valence-corrected chi connectivity index (χ1v) is 8.47. The SMILES string of the molecule is COc1ccc(OCCNc2nccc3c(OC)c(OC)cc(N)c23)cc1. The summed E-state index contributed by atoms with van der Waals surface area (Å²) < 4.78 is 21.7. The van der Waals surface area contributed by atoms with Crippen LogP contribution in [0.1, 0.15) is 0 Å². The normalized spacial score (nSPS) is 10.5. The molecule has 0 bridgehead atoms. The Kier molecular flexibility index (Phi) is 5.71. The Hall–Kier alpha value is -3.35. The van der Waals surface area contributed by atoms with Crippen LogP contribution in [0.2, 0.25) is 0 Å². The number of hydrogen-bond acceptors (Lipinski definition) is 7. The molecule has 2 aromatic carbocycles. The lowest BCUT2D eigenvalue weighted by Crippen LogP contribution is -2.13. The largest absolute Gasteiger partial charge is 0.497 e. The minimum Gasteiger partial charge on any atom is -0.497 e. The molecule has 0 radical (unpaired) electrons. The van der Waals surface area contributed by atoms with Crippen LogP contribution in [-0.2, 0) is 0 Å². The van der Waals surface area contributed by atoms with Crippen molar-refractivity contribution < 1.29 is 18.9 Å². The molecule has 142 valence electrons. The predicted octanol–water partition coefficient (Wildman–Crippen LogP) is 3.33. The van der Waals surface area contributed by atoms with E-state index in [1.807, 2.05) is 30.3 Å². The molecule has 0 aliphatic carbocycles. The van der Waals surface area contributed by atoms with Gasteiger partial charge in [0.25, 0.3) is 0 Å². The maximum absolute atomic E-state index is 6.22. The Morgan fingerprint density at radius 3 is 2.37 bits per heavy atom. The fourth-order valence-electron chi connectivity index (χ4n) is 2.86. The van der Waals surface area contributed by atoms with Crippen molar-refractivity contribution in [1.29, 1.82) is 0 Å². The van der Waals surface area contributed by atoms with Gasteiger partial charge < -0.3 is 30.0 Å². The van der Waals surface area contributed by atoms with E-state index in [0.29, 0.717) is 36.2 Å². The van der Waals surface area contributed by atoms with Gasteiger partial charge in [-0.1, -0.05) is 0 Å². The molecule has 1 heterocycles. The van der Waals surface area contributed by atoms with Crippen LogP contribution in [0.25, 0.3) is 10.8 Å². The molecule has 3 aromatic rings. The Bertz CT molecular complexity index is 913. The van der Waals surface area contributed by atoms with Crippen molar-refractivity contribution in [2.45, 2.75) is 0 Å². The summed E-state index contributed by atoms with van der Waals surface area (Å²) in [6.45, 7) is 1.03. The molecule has 3 rings (SSSR count). The number of nitrogen functional groups attached to an aromatic ring is 1. The summed E-state index contributed by atoms with van der Waals surface area (Å²) in [7, 11) is 4.82. The number of rotatable bonds is 8. The lowest BCUT2D eigenvalue weighted by atomic mass is 10.1. The van der Waals surface area contributed by atoms with Gasteiger partial charge in [-0.05, 0) is 30.3 Å². The van der Waals surface area contributed by atoms with E-state index >= 15 is 0 Å². The number of nitrogens with one attached hydrogen (secondary N) is 1. The second-order valence-electron chi connectivity index (χ2n) is 5.73. The van der Waals surface area contributed by atoms with Crippen molar-refractivity contribution >= 4 is 22.3 Å². The Balaban J connectivity index is 1.73. The fourth-order valence-corrected chi connectivity index (χ4v) is 2.86. The van der Waals surface area contributed by atoms with E-state index in [9.17, 15) is 0 Å². The molecule has 0 fully saturated rings. The van der Waals surface area contributed by atoms with Gasteiger partial charge in [0.05, 0.1) is 33.3 Å². The zero-order valence-corrected chi connectivity index (χ0v) is 15.6. The smallest absolute Gasteiger partial charge is 0.168 e. The van der Waals surface area contributed by atoms with Gasteiger partial charge in [0, 0.05) is 23.3 Å². The first-order chi connectivity index (χ1) is 13.2. The molecule has 0 aliphatic rings. The number of hydrogen-bond donors (Lipinski definition) is 2. The summed E-state index contributed by atoms with van der Waals surface area (Å²) >= 11 is 0. The number of aromatic nitrogens is 1. The molecule has 3 N–H and O–H groups in total. The standard InChI is InChI=1S/C20H23N3O4/c1-24-13-4-6-14(7-5-13)27-11-10-23-20-18-15(8-9-22-20)19(26-3)17(25-2)12-16(18)21/h4-9,12H,10-11,21H2,1-3H3,(H,22,23). The maximum atomic E-state index is 6.22. The van der Waals surface area contributed by atoms with Gasteiger partial charge in [0.2, 0.25) is 0 Å². The minimum absolute atomic E-state index is 0.470. The van der Waals surface area contributed by atoms with E-state index in [0.717, 1.165) is 22.3 Å². The first kappa shape index (κ1) is 18.4. The van der Waals surface area contributed by atoms with Gasteiger partial charge in [0.1, 0.15) is 23.9 Å². The third kappa shape index (κ3) is 3.92. The molecule has 0 saturated carbocycles. The molecule has 1 aromatic heterocycles. The van der Waals surface area contributed by atoms with Crippen LogP contribution in [0.5, 0.6) is 23.0 Å². The van der Waals surface area contributed by atoms with Gasteiger partial charge in [0.15, 0.2) is 11.5 Å². The van der Waals surface area contributed by atoms with Crippen LogP contribution in [-0.4, -0.2) is 39.5 Å². The molecule has 0 saturated heterocycles. The van der Waals surface area contributed by atoms with Crippen LogP contribution < -0.4 is 30.0 Å². The van der Waals surface area contributed by atoms with E-state index < -0.39 is 0 Å². The Morgan fingerprint density at radius 2 is 1.70 bits per heavy atom. The number of methoxy groups -OCH3 is 3. The summed E-state index contributed by atoms with van der Waals surface area (Å²) in [5, 5.41) is 4.90. The van der Waals surface area contributed by atoms with Crippen LogP contribution >= 0.6 is 0 Å². The lowest BCUT2D eigenvalue weighted by Gasteiger charge is -2.16. The predicted molar refractivity (Wildman–Crippen MR) is 106 cm³/mol. The highest BCUT2D eigenvalue weighted by Crippen LogP contribution is 2.41. The summed E-state index contributed by atoms with van der Waals surface area (Å²) in [5.74, 6) is 3.45. The first-order valence-electron chi connectivity index (χ1n) is 8.47. The van der Waals surface area contributed by atoms with Crippen molar-refractivity contribution in [2.24, 2.45) is 0 Å². The van der Waals surface area contributed by atoms with E-state index in [-0.39, 0.29) is 0 Å². The van der Waals surface area contributed by atoms with Crippen LogP contribution in [0.15, 0.2) is 42.6 Å². The number of nitrogens with two attached hydrogens (primary N) is 1. The molecule has 7 nitrogen and oxygen atoms in total. The van der Waals surface area contributed by atoms with Crippen LogP contribution in [0.4, 0.5) is 11.5 Å². The molecule has 7 heteroatoms. The van der Waals surface area contributed by atoms with Crippen molar-refractivity contribution in [3.63, 3.8) is 0 Å². The molecule has 0 unspecified atom stereocenters. The van der Waals surface area contributed by atoms with E-state index in [1.54, 1.807) is 33.6 Å². The molecule has 0 spiro atoms. The zero-order chi connectivity index (χ0) is 19.2. The molecule has 27 heavy (non-hydrogen) atoms. The molecule has 0 amide bonds. The van der Waals surface area contributed by atoms with Gasteiger partial charge in [-0.25, -0.2) is 4.98 Å². The van der Waals surface area contributed by atoms with Gasteiger partial charge in [-0.15, -0.1) is 0 Å². The van der Waals surface area contributed by atoms with Gasteiger partial charge >= 0.3 is 0 Å². The highest BCUT2D eigenvalue weighted by atomic mass is 16.5. The number of anilines is 2. The van der Waals surface area contributed by atoms with Crippen molar-refractivity contribution in [1.82, 2.24) is 4.98 Å². The third-order valence-corrected chi connectivity index (χ3v) is 4.14. The highest BCUT2D eigenvalue weighted by molar-refractivity contribution is 6.05. The number of ether oxygens (including phenoxy) is 4. The number of pyridine rings is 1. The van der Waals surface area contributed by atoms with Crippen molar-refractivity contribution in [3.8, 4) is 23.0 Å². The Morgan fingerprint density at radius 1 is 0.963 bits per heavy atom. The quantitative estimate of drug-likeness (QED) is 0.465. The van der Waals surface area contributed by atoms with Crippen LogP contribution in [0.3, 0.4) is 0 Å². The van der Waals surface area contributed by atoms with E-state index in [1.165, 1.54) is 0 Å². The average molecular weight is 369 g/mol. The minimum atomic E-state index is 0.470. The third-order valence-electron chi connectivity index (χ3n) is 4.14. The van der Waals surface area contributed by atoms with Gasteiger partial charge in [-0.3, -0.25) is 0 Å². The highest BCUT2D eigenvalue weighted by Gasteiger charge is 2.15.